The summed E-state index contributed by atoms with van der Waals surface area (Å²) in [4.78, 5) is 17.2. The van der Waals surface area contributed by atoms with Crippen LogP contribution in [0.3, 0.4) is 0 Å². The zero-order valence-corrected chi connectivity index (χ0v) is 16.0. The van der Waals surface area contributed by atoms with Gasteiger partial charge in [0.1, 0.15) is 0 Å². The number of benzene rings is 2. The topological polar surface area (TPSA) is 69.6 Å². The Morgan fingerprint density at radius 3 is 2.52 bits per heavy atom. The SMILES string of the molecule is O=C1N(CCO)c2ccccc2C12CCN(c1ccc(-c3ccccc3)nn1)C2. The van der Waals surface area contributed by atoms with Gasteiger partial charge >= 0.3 is 0 Å². The predicted molar refractivity (Wildman–Crippen MR) is 112 cm³/mol. The number of hydrogen-bond acceptors (Lipinski definition) is 5. The highest BCUT2D eigenvalue weighted by molar-refractivity contribution is 6.09. The van der Waals surface area contributed by atoms with Crippen LogP contribution in [0.1, 0.15) is 12.0 Å². The fourth-order valence-electron chi connectivity index (χ4n) is 4.58. The second-order valence-corrected chi connectivity index (χ2v) is 7.59. The van der Waals surface area contributed by atoms with Crippen LogP contribution in [0.4, 0.5) is 11.5 Å². The van der Waals surface area contributed by atoms with E-state index in [0.717, 1.165) is 41.3 Å². The summed E-state index contributed by atoms with van der Waals surface area (Å²) in [5.74, 6) is 0.858. The smallest absolute Gasteiger partial charge is 0.239 e. The minimum atomic E-state index is -0.578. The number of amides is 1. The van der Waals surface area contributed by atoms with Gasteiger partial charge in [-0.2, -0.15) is 0 Å². The van der Waals surface area contributed by atoms with Gasteiger partial charge in [-0.3, -0.25) is 4.79 Å². The first kappa shape index (κ1) is 17.8. The molecular formula is C23H22N4O2. The molecule has 2 aliphatic heterocycles. The van der Waals surface area contributed by atoms with Gasteiger partial charge in [0.15, 0.2) is 5.82 Å². The molecule has 0 saturated carbocycles. The molecule has 1 fully saturated rings. The number of β-amino-alcohol motifs (C(OH)–C–C–N with tert-alkyl or cyclic N) is 1. The minimum absolute atomic E-state index is 0.0493. The van der Waals surface area contributed by atoms with Crippen molar-refractivity contribution < 1.29 is 9.90 Å². The van der Waals surface area contributed by atoms with E-state index in [9.17, 15) is 9.90 Å². The van der Waals surface area contributed by atoms with Crippen molar-refractivity contribution in [1.29, 1.82) is 0 Å². The Balaban J connectivity index is 1.43. The number of carbonyl (C=O) groups excluding carboxylic acids is 1. The maximum Gasteiger partial charge on any atom is 0.239 e. The van der Waals surface area contributed by atoms with E-state index >= 15 is 0 Å². The number of hydrogen-bond donors (Lipinski definition) is 1. The number of aromatic nitrogens is 2. The van der Waals surface area contributed by atoms with Gasteiger partial charge in [0.25, 0.3) is 0 Å². The van der Waals surface area contributed by atoms with Gasteiger partial charge < -0.3 is 14.9 Å². The summed E-state index contributed by atoms with van der Waals surface area (Å²) in [5, 5.41) is 18.3. The maximum absolute atomic E-state index is 13.3. The summed E-state index contributed by atoms with van der Waals surface area (Å²) in [6.07, 6.45) is 0.729. The zero-order chi connectivity index (χ0) is 19.8. The number of fused-ring (bicyclic) bond motifs is 2. The predicted octanol–water partition coefficient (Wildman–Crippen LogP) is 2.63. The molecule has 146 valence electrons. The molecule has 1 aromatic heterocycles. The summed E-state index contributed by atoms with van der Waals surface area (Å²) < 4.78 is 0. The first-order valence-electron chi connectivity index (χ1n) is 9.89. The first-order chi connectivity index (χ1) is 14.2. The molecule has 1 atom stereocenters. The summed E-state index contributed by atoms with van der Waals surface area (Å²) >= 11 is 0. The summed E-state index contributed by atoms with van der Waals surface area (Å²) in [6.45, 7) is 1.59. The molecule has 1 unspecified atom stereocenters. The fraction of sp³-hybridized carbons (Fsp3) is 0.261. The number of aliphatic hydroxyl groups is 1. The van der Waals surface area contributed by atoms with Crippen molar-refractivity contribution in [2.45, 2.75) is 11.8 Å². The first-order valence-corrected chi connectivity index (χ1v) is 9.89. The Morgan fingerprint density at radius 2 is 1.76 bits per heavy atom. The van der Waals surface area contributed by atoms with Gasteiger partial charge in [-0.25, -0.2) is 0 Å². The molecule has 1 amide bonds. The van der Waals surface area contributed by atoms with Gasteiger partial charge in [-0.15, -0.1) is 10.2 Å². The van der Waals surface area contributed by atoms with E-state index in [2.05, 4.69) is 15.1 Å². The minimum Gasteiger partial charge on any atom is -0.395 e. The Kier molecular flexibility index (Phi) is 4.28. The number of anilines is 2. The molecular weight excluding hydrogens is 364 g/mol. The quantitative estimate of drug-likeness (QED) is 0.747. The second kappa shape index (κ2) is 6.97. The number of para-hydroxylation sites is 1. The van der Waals surface area contributed by atoms with E-state index in [4.69, 9.17) is 0 Å². The van der Waals surface area contributed by atoms with Crippen molar-refractivity contribution in [2.75, 3.05) is 36.0 Å². The van der Waals surface area contributed by atoms with Crippen molar-refractivity contribution in [2.24, 2.45) is 0 Å². The van der Waals surface area contributed by atoms with Crippen LogP contribution in [0.5, 0.6) is 0 Å². The highest BCUT2D eigenvalue weighted by Crippen LogP contribution is 2.47. The molecule has 6 heteroatoms. The van der Waals surface area contributed by atoms with E-state index < -0.39 is 5.41 Å². The van der Waals surface area contributed by atoms with Gasteiger partial charge in [0.2, 0.25) is 5.91 Å². The third-order valence-electron chi connectivity index (χ3n) is 6.00. The average molecular weight is 386 g/mol. The molecule has 0 radical (unpaired) electrons. The van der Waals surface area contributed by atoms with E-state index in [1.807, 2.05) is 66.7 Å². The standard InChI is InChI=1S/C23H22N4O2/c28-15-14-27-20-9-5-4-8-18(20)23(22(27)29)12-13-26(16-23)21-11-10-19(24-25-21)17-6-2-1-3-7-17/h1-11,28H,12-16H2. The largest absolute Gasteiger partial charge is 0.395 e. The third kappa shape index (κ3) is 2.79. The Bertz CT molecular complexity index is 1040. The van der Waals surface area contributed by atoms with Crippen LogP contribution >= 0.6 is 0 Å². The second-order valence-electron chi connectivity index (χ2n) is 7.59. The van der Waals surface area contributed by atoms with Crippen LogP contribution in [0, 0.1) is 0 Å². The molecule has 1 saturated heterocycles. The molecule has 3 aromatic rings. The lowest BCUT2D eigenvalue weighted by atomic mass is 9.81. The Hall–Kier alpha value is -3.25. The molecule has 29 heavy (non-hydrogen) atoms. The normalized spacial score (nSPS) is 20.5. The summed E-state index contributed by atoms with van der Waals surface area (Å²) in [6, 6.07) is 21.8. The van der Waals surface area contributed by atoms with Gasteiger partial charge in [0.05, 0.1) is 17.7 Å². The highest BCUT2D eigenvalue weighted by atomic mass is 16.3. The maximum atomic E-state index is 13.3. The average Bonchev–Trinajstić information content (AvgIpc) is 3.32. The van der Waals surface area contributed by atoms with Crippen LogP contribution in [-0.4, -0.2) is 47.5 Å². The van der Waals surface area contributed by atoms with Crippen LogP contribution in [-0.2, 0) is 10.2 Å². The molecule has 2 aromatic carbocycles. The summed E-state index contributed by atoms with van der Waals surface area (Å²) in [7, 11) is 0. The molecule has 0 bridgehead atoms. The molecule has 6 nitrogen and oxygen atoms in total. The van der Waals surface area contributed by atoms with Gasteiger partial charge in [-0.05, 0) is 30.2 Å². The van der Waals surface area contributed by atoms with E-state index in [1.165, 1.54) is 0 Å². The van der Waals surface area contributed by atoms with Crippen molar-refractivity contribution in [1.82, 2.24) is 10.2 Å². The number of carbonyl (C=O) groups is 1. The fourth-order valence-corrected chi connectivity index (χ4v) is 4.58. The Labute approximate surface area is 169 Å². The lowest BCUT2D eigenvalue weighted by molar-refractivity contribution is -0.122. The third-order valence-corrected chi connectivity index (χ3v) is 6.00. The van der Waals surface area contributed by atoms with E-state index in [1.54, 1.807) is 4.90 Å². The van der Waals surface area contributed by atoms with Crippen LogP contribution in [0.15, 0.2) is 66.7 Å². The molecule has 3 heterocycles. The molecule has 0 aliphatic carbocycles. The Morgan fingerprint density at radius 1 is 0.966 bits per heavy atom. The summed E-state index contributed by atoms with van der Waals surface area (Å²) in [5.41, 5.74) is 3.25. The van der Waals surface area contributed by atoms with E-state index in [-0.39, 0.29) is 12.5 Å². The van der Waals surface area contributed by atoms with Crippen LogP contribution < -0.4 is 9.80 Å². The van der Waals surface area contributed by atoms with Crippen molar-refractivity contribution in [3.63, 3.8) is 0 Å². The lowest BCUT2D eigenvalue weighted by Crippen LogP contribution is -2.43. The van der Waals surface area contributed by atoms with Gasteiger partial charge in [0, 0.05) is 30.9 Å². The number of nitrogens with zero attached hydrogens (tertiary/aromatic N) is 4. The monoisotopic (exact) mass is 386 g/mol. The zero-order valence-electron chi connectivity index (χ0n) is 16.0. The van der Waals surface area contributed by atoms with E-state index in [0.29, 0.717) is 13.1 Å². The van der Waals surface area contributed by atoms with Crippen LogP contribution in [0.25, 0.3) is 11.3 Å². The van der Waals surface area contributed by atoms with Crippen molar-refractivity contribution >= 4 is 17.4 Å². The highest BCUT2D eigenvalue weighted by Gasteiger charge is 2.54. The lowest BCUT2D eigenvalue weighted by Gasteiger charge is -2.24. The number of rotatable bonds is 4. The molecule has 5 rings (SSSR count). The molecule has 2 aliphatic rings. The number of aliphatic hydroxyl groups excluding tert-OH is 1. The van der Waals surface area contributed by atoms with Crippen molar-refractivity contribution in [3.8, 4) is 11.3 Å². The van der Waals surface area contributed by atoms with Crippen LogP contribution in [0.2, 0.25) is 0 Å². The molecule has 1 N–H and O–H groups in total. The van der Waals surface area contributed by atoms with Gasteiger partial charge in [-0.1, -0.05) is 48.5 Å². The van der Waals surface area contributed by atoms with Crippen molar-refractivity contribution in [3.05, 3.63) is 72.3 Å². The molecule has 1 spiro atoms.